The lowest BCUT2D eigenvalue weighted by molar-refractivity contribution is 0.104. The quantitative estimate of drug-likeness (QED) is 0.649. The van der Waals surface area contributed by atoms with E-state index in [0.717, 1.165) is 22.9 Å². The smallest absolute Gasteiger partial charge is 0.187 e. The van der Waals surface area contributed by atoms with Crippen molar-refractivity contribution in [1.82, 2.24) is 0 Å². The maximum atomic E-state index is 12.2. The standard InChI is InChI=1S/C18H19NO3/c1-13(19-16-6-4-5-7-18(16)22-3)12-17(20)14-8-10-15(21-2)11-9-14/h4-12,19H,1-3H3. The first-order valence-electron chi connectivity index (χ1n) is 6.90. The van der Waals surface area contributed by atoms with E-state index in [1.807, 2.05) is 31.2 Å². The van der Waals surface area contributed by atoms with E-state index in [4.69, 9.17) is 9.47 Å². The fraction of sp³-hybridized carbons (Fsp3) is 0.167. The van der Waals surface area contributed by atoms with Crippen LogP contribution in [0.5, 0.6) is 11.5 Å². The molecule has 0 amide bonds. The minimum atomic E-state index is -0.0671. The van der Waals surface area contributed by atoms with Crippen molar-refractivity contribution in [2.24, 2.45) is 0 Å². The Labute approximate surface area is 130 Å². The molecule has 0 saturated carbocycles. The molecule has 0 aromatic heterocycles. The molecule has 4 heteroatoms. The molecule has 0 radical (unpaired) electrons. The SMILES string of the molecule is COc1ccc(C(=O)C=C(C)Nc2ccccc2OC)cc1. The summed E-state index contributed by atoms with van der Waals surface area (Å²) >= 11 is 0. The van der Waals surface area contributed by atoms with E-state index in [-0.39, 0.29) is 5.78 Å². The van der Waals surface area contributed by atoms with Gasteiger partial charge in [-0.3, -0.25) is 4.79 Å². The van der Waals surface area contributed by atoms with Crippen LogP contribution in [0.15, 0.2) is 60.3 Å². The molecule has 2 aromatic rings. The molecule has 22 heavy (non-hydrogen) atoms. The summed E-state index contributed by atoms with van der Waals surface area (Å²) in [6.07, 6.45) is 1.56. The van der Waals surface area contributed by atoms with Crippen LogP contribution < -0.4 is 14.8 Å². The number of anilines is 1. The maximum Gasteiger partial charge on any atom is 0.187 e. The highest BCUT2D eigenvalue weighted by Crippen LogP contribution is 2.24. The van der Waals surface area contributed by atoms with Crippen molar-refractivity contribution in [3.63, 3.8) is 0 Å². The summed E-state index contributed by atoms with van der Waals surface area (Å²) in [5.41, 5.74) is 2.17. The second kappa shape index (κ2) is 7.31. The Morgan fingerprint density at radius 3 is 2.32 bits per heavy atom. The summed E-state index contributed by atoms with van der Waals surface area (Å²) in [5, 5.41) is 3.18. The van der Waals surface area contributed by atoms with Crippen molar-refractivity contribution in [3.05, 3.63) is 65.9 Å². The predicted octanol–water partition coefficient (Wildman–Crippen LogP) is 3.90. The first-order chi connectivity index (χ1) is 10.6. The van der Waals surface area contributed by atoms with Gasteiger partial charge < -0.3 is 14.8 Å². The monoisotopic (exact) mass is 297 g/mol. The van der Waals surface area contributed by atoms with Gasteiger partial charge in [0.2, 0.25) is 0 Å². The lowest BCUT2D eigenvalue weighted by Gasteiger charge is -2.11. The van der Waals surface area contributed by atoms with Crippen LogP contribution in [-0.2, 0) is 0 Å². The van der Waals surface area contributed by atoms with Crippen LogP contribution >= 0.6 is 0 Å². The lowest BCUT2D eigenvalue weighted by Crippen LogP contribution is -2.02. The van der Waals surface area contributed by atoms with Gasteiger partial charge in [0.15, 0.2) is 5.78 Å². The van der Waals surface area contributed by atoms with Crippen molar-refractivity contribution >= 4 is 11.5 Å². The number of nitrogens with one attached hydrogen (secondary N) is 1. The first-order valence-corrected chi connectivity index (χ1v) is 6.90. The summed E-state index contributed by atoms with van der Waals surface area (Å²) < 4.78 is 10.4. The number of ether oxygens (including phenoxy) is 2. The molecule has 0 aliphatic rings. The highest BCUT2D eigenvalue weighted by atomic mass is 16.5. The van der Waals surface area contributed by atoms with E-state index >= 15 is 0 Å². The van der Waals surface area contributed by atoms with Crippen molar-refractivity contribution in [2.75, 3.05) is 19.5 Å². The van der Waals surface area contributed by atoms with E-state index in [0.29, 0.717) is 5.56 Å². The zero-order chi connectivity index (χ0) is 15.9. The number of carbonyl (C=O) groups is 1. The number of hydrogen-bond acceptors (Lipinski definition) is 4. The van der Waals surface area contributed by atoms with E-state index in [2.05, 4.69) is 5.32 Å². The third-order valence-corrected chi connectivity index (χ3v) is 3.16. The Hall–Kier alpha value is -2.75. The van der Waals surface area contributed by atoms with Crippen LogP contribution in [0.4, 0.5) is 5.69 Å². The molecule has 2 aromatic carbocycles. The topological polar surface area (TPSA) is 47.6 Å². The van der Waals surface area contributed by atoms with Gasteiger partial charge in [0.1, 0.15) is 11.5 Å². The van der Waals surface area contributed by atoms with Gasteiger partial charge in [0.05, 0.1) is 19.9 Å². The van der Waals surface area contributed by atoms with Crippen LogP contribution in [0.25, 0.3) is 0 Å². The summed E-state index contributed by atoms with van der Waals surface area (Å²) in [6.45, 7) is 1.84. The highest BCUT2D eigenvalue weighted by Gasteiger charge is 2.05. The molecule has 2 rings (SSSR count). The van der Waals surface area contributed by atoms with Crippen LogP contribution in [0.2, 0.25) is 0 Å². The third-order valence-electron chi connectivity index (χ3n) is 3.16. The van der Waals surface area contributed by atoms with Gasteiger partial charge in [-0.15, -0.1) is 0 Å². The fourth-order valence-corrected chi connectivity index (χ4v) is 2.03. The minimum Gasteiger partial charge on any atom is -0.497 e. The number of benzene rings is 2. The van der Waals surface area contributed by atoms with Gasteiger partial charge >= 0.3 is 0 Å². The Morgan fingerprint density at radius 1 is 1.00 bits per heavy atom. The Morgan fingerprint density at radius 2 is 1.68 bits per heavy atom. The van der Waals surface area contributed by atoms with Gasteiger partial charge in [-0.25, -0.2) is 0 Å². The molecule has 0 fully saturated rings. The highest BCUT2D eigenvalue weighted by molar-refractivity contribution is 6.05. The summed E-state index contributed by atoms with van der Waals surface area (Å²) in [7, 11) is 3.21. The molecule has 0 unspecified atom stereocenters. The molecular weight excluding hydrogens is 278 g/mol. The van der Waals surface area contributed by atoms with Crippen molar-refractivity contribution in [2.45, 2.75) is 6.92 Å². The number of allylic oxidation sites excluding steroid dienone is 2. The fourth-order valence-electron chi connectivity index (χ4n) is 2.03. The van der Waals surface area contributed by atoms with E-state index < -0.39 is 0 Å². The average Bonchev–Trinajstić information content (AvgIpc) is 2.55. The van der Waals surface area contributed by atoms with Crippen LogP contribution in [0.1, 0.15) is 17.3 Å². The Balaban J connectivity index is 2.12. The number of ketones is 1. The number of methoxy groups -OCH3 is 2. The van der Waals surface area contributed by atoms with Gasteiger partial charge in [0, 0.05) is 17.3 Å². The number of rotatable bonds is 6. The minimum absolute atomic E-state index is 0.0671. The molecule has 0 atom stereocenters. The predicted molar refractivity (Wildman–Crippen MR) is 87.7 cm³/mol. The van der Waals surface area contributed by atoms with Gasteiger partial charge in [-0.1, -0.05) is 12.1 Å². The maximum absolute atomic E-state index is 12.2. The lowest BCUT2D eigenvalue weighted by atomic mass is 10.1. The summed E-state index contributed by atoms with van der Waals surface area (Å²) in [6, 6.07) is 14.6. The summed E-state index contributed by atoms with van der Waals surface area (Å²) in [5.74, 6) is 1.39. The van der Waals surface area contributed by atoms with Crippen LogP contribution in [-0.4, -0.2) is 20.0 Å². The second-order valence-electron chi connectivity index (χ2n) is 4.75. The van der Waals surface area contributed by atoms with Crippen molar-refractivity contribution in [1.29, 1.82) is 0 Å². The molecule has 0 aliphatic carbocycles. The molecule has 0 bridgehead atoms. The van der Waals surface area contributed by atoms with Crippen LogP contribution in [0.3, 0.4) is 0 Å². The number of hydrogen-bond donors (Lipinski definition) is 1. The molecule has 1 N–H and O–H groups in total. The first kappa shape index (κ1) is 15.6. The molecule has 114 valence electrons. The van der Waals surface area contributed by atoms with E-state index in [1.165, 1.54) is 0 Å². The van der Waals surface area contributed by atoms with Crippen LogP contribution in [0, 0.1) is 0 Å². The van der Waals surface area contributed by atoms with Gasteiger partial charge in [-0.2, -0.15) is 0 Å². The van der Waals surface area contributed by atoms with Crippen molar-refractivity contribution in [3.8, 4) is 11.5 Å². The Bertz CT molecular complexity index is 675. The van der Waals surface area contributed by atoms with Crippen molar-refractivity contribution < 1.29 is 14.3 Å². The second-order valence-corrected chi connectivity index (χ2v) is 4.75. The normalized spacial score (nSPS) is 11.0. The zero-order valence-electron chi connectivity index (χ0n) is 12.9. The van der Waals surface area contributed by atoms with E-state index in [9.17, 15) is 4.79 Å². The number of para-hydroxylation sites is 2. The molecule has 0 saturated heterocycles. The molecule has 0 heterocycles. The van der Waals surface area contributed by atoms with Gasteiger partial charge in [-0.05, 0) is 43.3 Å². The molecule has 4 nitrogen and oxygen atoms in total. The average molecular weight is 297 g/mol. The number of carbonyl (C=O) groups excluding carboxylic acids is 1. The molecule has 0 spiro atoms. The Kier molecular flexibility index (Phi) is 5.20. The van der Waals surface area contributed by atoms with Gasteiger partial charge in [0.25, 0.3) is 0 Å². The largest absolute Gasteiger partial charge is 0.497 e. The molecule has 0 aliphatic heterocycles. The summed E-state index contributed by atoms with van der Waals surface area (Å²) in [4.78, 5) is 12.2. The van der Waals surface area contributed by atoms with E-state index in [1.54, 1.807) is 44.6 Å². The zero-order valence-corrected chi connectivity index (χ0v) is 12.9. The third kappa shape index (κ3) is 3.88. The molecular formula is C18H19NO3.